The molecule has 1 amide bonds. The Hall–Kier alpha value is -6.66. The van der Waals surface area contributed by atoms with Gasteiger partial charge < -0.3 is 34.6 Å². The maximum Gasteiger partial charge on any atom is 0.274 e. The predicted octanol–water partition coefficient (Wildman–Crippen LogP) is 8.21. The Balaban J connectivity index is 0.000000204. The lowest BCUT2D eigenvalue weighted by Crippen LogP contribution is -2.23. The maximum atomic E-state index is 15.2. The number of aryl methyl sites for hydroxylation is 2. The van der Waals surface area contributed by atoms with E-state index >= 15 is 8.78 Å². The standard InChI is InChI=1S/C25H28ClFN6O2.C25H27ClFN5O2/c1-15-18(23(30-32(15)4)25(34)31(2)3)10-12-35-24-19(6-7-20(26)22(24)27)16-5-8-21-29-13-17(9-11-28)33(21)14-16;1-4-21(33)24-18(15(2)31(3)30-24)10-12-34-25-19(6-7-20(26)23(25)27)16-5-8-22-29-13-17(9-11-28)32(22)14-16/h5-8,13-14H,9-12,28H2,1-4H3;5-8,13-14H,4,9-12,28H2,1-3H3. The summed E-state index contributed by atoms with van der Waals surface area (Å²) in [5.74, 6) is -1.36. The third-order valence-electron chi connectivity index (χ3n) is 12.0. The predicted molar refractivity (Wildman–Crippen MR) is 264 cm³/mol. The fraction of sp³-hybridized carbons (Fsp3) is 0.320. The quantitative estimate of drug-likeness (QED) is 0.0846. The van der Waals surface area contributed by atoms with Crippen LogP contribution >= 0.6 is 23.2 Å². The van der Waals surface area contributed by atoms with Crippen LogP contribution in [0.2, 0.25) is 10.0 Å². The van der Waals surface area contributed by atoms with Crippen LogP contribution in [0.4, 0.5) is 8.78 Å². The van der Waals surface area contributed by atoms with Crippen LogP contribution in [0.3, 0.4) is 0 Å². The number of pyridine rings is 2. The molecule has 0 bridgehead atoms. The number of carbonyl (C=O) groups is 2. The van der Waals surface area contributed by atoms with E-state index in [1.807, 2.05) is 59.3 Å². The lowest BCUT2D eigenvalue weighted by molar-refractivity contribution is 0.0819. The normalized spacial score (nSPS) is 11.3. The smallest absolute Gasteiger partial charge is 0.274 e. The second-order valence-electron chi connectivity index (χ2n) is 16.6. The van der Waals surface area contributed by atoms with Crippen molar-refractivity contribution in [1.82, 2.24) is 43.2 Å². The van der Waals surface area contributed by atoms with Crippen molar-refractivity contribution in [3.8, 4) is 33.8 Å². The number of nitrogens with two attached hydrogens (primary N) is 2. The van der Waals surface area contributed by atoms with Crippen molar-refractivity contribution >= 4 is 46.2 Å². The molecular formula is C50H55Cl2F2N11O4. The second kappa shape index (κ2) is 21.7. The van der Waals surface area contributed by atoms with Crippen molar-refractivity contribution in [1.29, 1.82) is 0 Å². The van der Waals surface area contributed by atoms with E-state index in [4.69, 9.17) is 44.1 Å². The number of ether oxygens (including phenoxy) is 2. The molecule has 69 heavy (non-hydrogen) atoms. The van der Waals surface area contributed by atoms with Crippen molar-refractivity contribution in [2.45, 2.75) is 52.9 Å². The van der Waals surface area contributed by atoms with Crippen LogP contribution in [-0.4, -0.2) is 95.3 Å². The first-order valence-electron chi connectivity index (χ1n) is 22.4. The molecular weight excluding hydrogens is 928 g/mol. The van der Waals surface area contributed by atoms with E-state index in [1.165, 1.54) is 17.0 Å². The highest BCUT2D eigenvalue weighted by molar-refractivity contribution is 6.31. The minimum absolute atomic E-state index is 0.0225. The van der Waals surface area contributed by atoms with Gasteiger partial charge in [-0.3, -0.25) is 19.0 Å². The highest BCUT2D eigenvalue weighted by Gasteiger charge is 2.24. The molecule has 0 aliphatic rings. The summed E-state index contributed by atoms with van der Waals surface area (Å²) in [4.78, 5) is 35.2. The summed E-state index contributed by atoms with van der Waals surface area (Å²) in [7, 11) is 6.94. The van der Waals surface area contributed by atoms with Gasteiger partial charge in [-0.05, 0) is 75.5 Å². The SMILES string of the molecule is CCC(=O)c1nn(C)c(C)c1CCOc1c(-c2ccc3ncc(CCN)n3c2)ccc(Cl)c1F.Cc1c(CCOc2c(-c3ccc4ncc(CCN)n4c3)ccc(Cl)c2F)c(C(=O)N(C)C)nn1C. The molecule has 0 unspecified atom stereocenters. The molecule has 362 valence electrons. The van der Waals surface area contributed by atoms with Gasteiger partial charge in [0.1, 0.15) is 17.0 Å². The van der Waals surface area contributed by atoms with Gasteiger partial charge in [0, 0.05) is 141 Å². The van der Waals surface area contributed by atoms with Crippen LogP contribution in [0.5, 0.6) is 11.5 Å². The molecule has 0 atom stereocenters. The molecule has 0 aliphatic heterocycles. The van der Waals surface area contributed by atoms with Gasteiger partial charge >= 0.3 is 0 Å². The average Bonchev–Trinajstić information content (AvgIpc) is 4.09. The summed E-state index contributed by atoms with van der Waals surface area (Å²) >= 11 is 12.2. The summed E-state index contributed by atoms with van der Waals surface area (Å²) < 4.78 is 49.4. The molecule has 4 N–H and O–H groups in total. The van der Waals surface area contributed by atoms with Crippen LogP contribution in [0.25, 0.3) is 33.5 Å². The Kier molecular flexibility index (Phi) is 15.8. The van der Waals surface area contributed by atoms with Gasteiger partial charge in [-0.15, -0.1) is 0 Å². The zero-order valence-electron chi connectivity index (χ0n) is 39.6. The third-order valence-corrected chi connectivity index (χ3v) is 12.6. The van der Waals surface area contributed by atoms with E-state index in [1.54, 1.807) is 69.0 Å². The Bertz CT molecular complexity index is 3180. The zero-order chi connectivity index (χ0) is 49.7. The molecule has 0 spiro atoms. The number of hydrogen-bond donors (Lipinski definition) is 2. The van der Waals surface area contributed by atoms with Gasteiger partial charge in [0.2, 0.25) is 0 Å². The van der Waals surface area contributed by atoms with E-state index in [-0.39, 0.29) is 46.4 Å². The Morgan fingerprint density at radius 1 is 0.667 bits per heavy atom. The Morgan fingerprint density at radius 3 is 1.52 bits per heavy atom. The Morgan fingerprint density at radius 2 is 1.10 bits per heavy atom. The lowest BCUT2D eigenvalue weighted by atomic mass is 10.1. The number of ketones is 1. The molecule has 0 fully saturated rings. The van der Waals surface area contributed by atoms with E-state index < -0.39 is 11.6 Å². The summed E-state index contributed by atoms with van der Waals surface area (Å²) in [5, 5.41) is 8.65. The molecule has 8 aromatic rings. The molecule has 0 saturated heterocycles. The van der Waals surface area contributed by atoms with E-state index in [9.17, 15) is 9.59 Å². The number of Topliss-reactive ketones (excluding diaryl/α,β-unsaturated/α-hetero) is 1. The molecule has 6 heterocycles. The second-order valence-corrected chi connectivity index (χ2v) is 17.4. The highest BCUT2D eigenvalue weighted by Crippen LogP contribution is 2.38. The van der Waals surface area contributed by atoms with Gasteiger partial charge in [0.25, 0.3) is 5.91 Å². The van der Waals surface area contributed by atoms with Crippen molar-refractivity contribution in [3.05, 3.63) is 140 Å². The number of aromatic nitrogens is 8. The largest absolute Gasteiger partial charge is 0.489 e. The van der Waals surface area contributed by atoms with Crippen LogP contribution < -0.4 is 20.9 Å². The van der Waals surface area contributed by atoms with Crippen LogP contribution in [-0.2, 0) is 39.8 Å². The van der Waals surface area contributed by atoms with Crippen molar-refractivity contribution in [2.75, 3.05) is 40.4 Å². The summed E-state index contributed by atoms with van der Waals surface area (Å²) in [6, 6.07) is 14.0. The number of hydrogen-bond acceptors (Lipinski definition) is 10. The minimum atomic E-state index is -0.635. The molecule has 8 rings (SSSR count). The van der Waals surface area contributed by atoms with Crippen LogP contribution in [0.15, 0.2) is 73.3 Å². The summed E-state index contributed by atoms with van der Waals surface area (Å²) in [6.07, 6.45) is 9.85. The topological polar surface area (TPSA) is 178 Å². The van der Waals surface area contributed by atoms with Gasteiger partial charge in [-0.2, -0.15) is 10.2 Å². The number of halogens is 4. The van der Waals surface area contributed by atoms with Gasteiger partial charge in [0.05, 0.1) is 23.3 Å². The lowest BCUT2D eigenvalue weighted by Gasteiger charge is -2.15. The fourth-order valence-corrected chi connectivity index (χ4v) is 8.33. The number of nitrogens with zero attached hydrogens (tertiary/aromatic N) is 9. The minimum Gasteiger partial charge on any atom is -0.489 e. The molecule has 0 radical (unpaired) electrons. The summed E-state index contributed by atoms with van der Waals surface area (Å²) in [5.41, 5.74) is 21.7. The van der Waals surface area contributed by atoms with Gasteiger partial charge in [-0.1, -0.05) is 30.1 Å². The Labute approximate surface area is 408 Å². The molecule has 19 heteroatoms. The molecule has 0 saturated carbocycles. The average molecular weight is 983 g/mol. The number of carbonyl (C=O) groups excluding carboxylic acids is 2. The third kappa shape index (κ3) is 10.5. The molecule has 0 aliphatic carbocycles. The van der Waals surface area contributed by atoms with Crippen LogP contribution in [0, 0.1) is 25.5 Å². The van der Waals surface area contributed by atoms with Crippen molar-refractivity contribution in [2.24, 2.45) is 25.6 Å². The maximum absolute atomic E-state index is 15.2. The fourth-order valence-electron chi connectivity index (χ4n) is 8.04. The number of amides is 1. The molecule has 15 nitrogen and oxygen atoms in total. The number of fused-ring (bicyclic) bond motifs is 2. The first-order chi connectivity index (χ1) is 33.1. The summed E-state index contributed by atoms with van der Waals surface area (Å²) in [6.45, 7) is 6.88. The van der Waals surface area contributed by atoms with Gasteiger partial charge in [0.15, 0.2) is 34.6 Å². The first-order valence-corrected chi connectivity index (χ1v) is 23.2. The molecule has 6 aromatic heterocycles. The first kappa shape index (κ1) is 50.2. The number of benzene rings is 2. The van der Waals surface area contributed by atoms with Crippen molar-refractivity contribution in [3.63, 3.8) is 0 Å². The molecule has 2 aromatic carbocycles. The van der Waals surface area contributed by atoms with E-state index in [2.05, 4.69) is 20.2 Å². The number of imidazole rings is 2. The van der Waals surface area contributed by atoms with Crippen molar-refractivity contribution < 1.29 is 27.8 Å². The van der Waals surface area contributed by atoms with E-state index in [0.29, 0.717) is 67.7 Å². The zero-order valence-corrected chi connectivity index (χ0v) is 41.1. The van der Waals surface area contributed by atoms with E-state index in [0.717, 1.165) is 56.3 Å². The van der Waals surface area contributed by atoms with Gasteiger partial charge in [-0.25, -0.2) is 18.7 Å². The highest BCUT2D eigenvalue weighted by atomic mass is 35.5. The van der Waals surface area contributed by atoms with Crippen LogP contribution in [0.1, 0.15) is 68.2 Å². The number of rotatable bonds is 17. The monoisotopic (exact) mass is 981 g/mol.